The number of nitrogens with zero attached hydrogens (tertiary/aromatic N) is 1. The molecular formula is C44H78NO9P. The van der Waals surface area contributed by atoms with E-state index in [1.165, 1.54) is 64.2 Å². The minimum atomic E-state index is -4.65. The lowest BCUT2D eigenvalue weighted by Crippen LogP contribution is -2.37. The maximum atomic E-state index is 12.6. The predicted molar refractivity (Wildman–Crippen MR) is 223 cm³/mol. The average Bonchev–Trinajstić information content (AvgIpc) is 3.13. The van der Waals surface area contributed by atoms with Crippen LogP contribution in [0.3, 0.4) is 0 Å². The molecule has 0 spiro atoms. The first-order chi connectivity index (χ1) is 26.4. The van der Waals surface area contributed by atoms with Gasteiger partial charge in [0.2, 0.25) is 0 Å². The molecule has 0 heterocycles. The molecule has 0 saturated carbocycles. The van der Waals surface area contributed by atoms with Gasteiger partial charge in [-0.15, -0.1) is 0 Å². The summed E-state index contributed by atoms with van der Waals surface area (Å²) in [7, 11) is 1.09. The number of phosphoric ester groups is 1. The van der Waals surface area contributed by atoms with Crippen molar-refractivity contribution in [2.45, 2.75) is 161 Å². The number of allylic oxidation sites excluding steroid dienone is 8. The molecule has 0 amide bonds. The van der Waals surface area contributed by atoms with Gasteiger partial charge in [-0.3, -0.25) is 14.2 Å². The highest BCUT2D eigenvalue weighted by Crippen LogP contribution is 2.38. The van der Waals surface area contributed by atoms with E-state index in [1.807, 2.05) is 63.7 Å². The third-order valence-corrected chi connectivity index (χ3v) is 9.60. The second-order valence-electron chi connectivity index (χ2n) is 15.2. The molecule has 3 atom stereocenters. The molecule has 0 radical (unpaired) electrons. The van der Waals surface area contributed by atoms with E-state index >= 15 is 0 Å². The van der Waals surface area contributed by atoms with Gasteiger partial charge in [0.05, 0.1) is 33.9 Å². The van der Waals surface area contributed by atoms with Crippen LogP contribution in [0, 0.1) is 0 Å². The molecule has 1 N–H and O–H groups in total. The number of aliphatic hydroxyl groups is 1. The summed E-state index contributed by atoms with van der Waals surface area (Å²) in [5.74, 6) is -0.933. The van der Waals surface area contributed by atoms with Gasteiger partial charge in [0.15, 0.2) is 6.10 Å². The third kappa shape index (κ3) is 39.7. The lowest BCUT2D eigenvalue weighted by molar-refractivity contribution is -0.870. The zero-order chi connectivity index (χ0) is 40.9. The molecule has 0 aromatic carbocycles. The Hall–Kier alpha value is -2.33. The van der Waals surface area contributed by atoms with Gasteiger partial charge in [0, 0.05) is 12.8 Å². The number of phosphoric acid groups is 1. The molecule has 55 heavy (non-hydrogen) atoms. The highest BCUT2D eigenvalue weighted by atomic mass is 31.2. The van der Waals surface area contributed by atoms with Crippen molar-refractivity contribution in [2.24, 2.45) is 0 Å². The number of hydrogen-bond donors (Lipinski definition) is 1. The molecule has 0 aromatic rings. The van der Waals surface area contributed by atoms with E-state index in [0.29, 0.717) is 36.7 Å². The number of aliphatic hydroxyl groups excluding tert-OH is 1. The SMILES string of the molecule is CC/C=C\C=C\C(O)C/C=C\C/C=C\C/C=C\CCCC(=O)OC(COC(=O)CCCCCCCCCCCCCCC)COP(=O)([O-])OCC[N+](C)(C)C. The lowest BCUT2D eigenvalue weighted by atomic mass is 10.0. The molecule has 3 unspecified atom stereocenters. The first kappa shape index (κ1) is 52.7. The van der Waals surface area contributed by atoms with Crippen LogP contribution in [-0.4, -0.2) is 81.2 Å². The number of unbranched alkanes of at least 4 members (excludes halogenated alkanes) is 13. The van der Waals surface area contributed by atoms with E-state index in [9.17, 15) is 24.2 Å². The van der Waals surface area contributed by atoms with E-state index in [0.717, 1.165) is 32.1 Å². The van der Waals surface area contributed by atoms with Gasteiger partial charge >= 0.3 is 11.9 Å². The number of carbonyl (C=O) groups excluding carboxylic acids is 2. The summed E-state index contributed by atoms with van der Waals surface area (Å²) in [6.45, 7) is 3.91. The number of carbonyl (C=O) groups is 2. The fraction of sp³-hybridized carbons (Fsp3) is 0.727. The van der Waals surface area contributed by atoms with E-state index in [4.69, 9.17) is 18.5 Å². The molecule has 0 saturated heterocycles. The van der Waals surface area contributed by atoms with Crippen molar-refractivity contribution in [3.63, 3.8) is 0 Å². The van der Waals surface area contributed by atoms with Gasteiger partial charge in [0.25, 0.3) is 7.82 Å². The molecule has 0 aliphatic carbocycles. The Morgan fingerprint density at radius 2 is 1.25 bits per heavy atom. The van der Waals surface area contributed by atoms with Crippen molar-refractivity contribution in [2.75, 3.05) is 47.5 Å². The highest BCUT2D eigenvalue weighted by molar-refractivity contribution is 7.45. The van der Waals surface area contributed by atoms with Crippen LogP contribution in [0.5, 0.6) is 0 Å². The van der Waals surface area contributed by atoms with Crippen molar-refractivity contribution in [3.8, 4) is 0 Å². The van der Waals surface area contributed by atoms with Crippen LogP contribution < -0.4 is 4.89 Å². The van der Waals surface area contributed by atoms with Crippen LogP contribution in [0.2, 0.25) is 0 Å². The van der Waals surface area contributed by atoms with Gasteiger partial charge in [-0.1, -0.05) is 152 Å². The minimum absolute atomic E-state index is 0.0517. The standard InChI is InChI=1S/C44H78NO9P/c1-6-8-10-12-13-14-15-16-17-21-24-27-31-35-43(47)51-39-42(40-53-55(49,50)52-38-37-45(3,4)5)54-44(48)36-32-28-25-22-19-18-20-23-26-30-34-41(46)33-29-11-9-7-2/h9,11,18,20,22,25-26,29-30,33,41-42,46H,6-8,10,12-17,19,21,23-24,27-28,31-32,34-40H2,1-5H3/b11-9-,20-18-,25-22-,30-26-,33-29+. The number of hydrogen-bond acceptors (Lipinski definition) is 9. The van der Waals surface area contributed by atoms with Crippen LogP contribution in [0.1, 0.15) is 149 Å². The number of esters is 2. The minimum Gasteiger partial charge on any atom is -0.756 e. The monoisotopic (exact) mass is 796 g/mol. The van der Waals surface area contributed by atoms with Crippen LogP contribution in [-0.2, 0) is 32.7 Å². The molecule has 0 aromatic heterocycles. The molecule has 10 nitrogen and oxygen atoms in total. The van der Waals surface area contributed by atoms with Crippen LogP contribution in [0.15, 0.2) is 60.8 Å². The van der Waals surface area contributed by atoms with Crippen LogP contribution >= 0.6 is 7.82 Å². The Kier molecular flexibility index (Phi) is 34.5. The molecule has 0 fully saturated rings. The van der Waals surface area contributed by atoms with Gasteiger partial charge < -0.3 is 33.0 Å². The van der Waals surface area contributed by atoms with Gasteiger partial charge in [-0.2, -0.15) is 0 Å². The molecule has 0 rings (SSSR count). The molecule has 318 valence electrons. The Balaban J connectivity index is 4.53. The number of ether oxygens (including phenoxy) is 2. The summed E-state index contributed by atoms with van der Waals surface area (Å²) in [6.07, 6.45) is 38.6. The number of rotatable bonds is 37. The summed E-state index contributed by atoms with van der Waals surface area (Å²) in [5.41, 5.74) is 0. The van der Waals surface area contributed by atoms with E-state index in [1.54, 1.807) is 6.08 Å². The maximum Gasteiger partial charge on any atom is 0.306 e. The zero-order valence-electron chi connectivity index (χ0n) is 35.2. The van der Waals surface area contributed by atoms with Gasteiger partial charge in [0.1, 0.15) is 19.8 Å². The summed E-state index contributed by atoms with van der Waals surface area (Å²) in [5, 5.41) is 9.92. The van der Waals surface area contributed by atoms with Crippen LogP contribution in [0.25, 0.3) is 0 Å². The quantitative estimate of drug-likeness (QED) is 0.0163. The summed E-state index contributed by atoms with van der Waals surface area (Å²) in [6, 6.07) is 0. The van der Waals surface area contributed by atoms with E-state index in [2.05, 4.69) is 26.0 Å². The topological polar surface area (TPSA) is 131 Å². The van der Waals surface area contributed by atoms with Crippen molar-refractivity contribution in [1.29, 1.82) is 0 Å². The second-order valence-corrected chi connectivity index (χ2v) is 16.6. The zero-order valence-corrected chi connectivity index (χ0v) is 36.1. The summed E-state index contributed by atoms with van der Waals surface area (Å²) >= 11 is 0. The smallest absolute Gasteiger partial charge is 0.306 e. The molecule has 0 aliphatic heterocycles. The molecule has 0 bridgehead atoms. The first-order valence-electron chi connectivity index (χ1n) is 21.1. The fourth-order valence-corrected chi connectivity index (χ4v) is 6.02. The molecule has 11 heteroatoms. The van der Waals surface area contributed by atoms with Gasteiger partial charge in [-0.05, 0) is 44.9 Å². The van der Waals surface area contributed by atoms with Crippen molar-refractivity contribution >= 4 is 19.8 Å². The normalized spacial score (nSPS) is 14.8. The number of quaternary nitrogens is 1. The summed E-state index contributed by atoms with van der Waals surface area (Å²) in [4.78, 5) is 37.4. The Morgan fingerprint density at radius 1 is 0.691 bits per heavy atom. The molecule has 0 aliphatic rings. The highest BCUT2D eigenvalue weighted by Gasteiger charge is 2.21. The second kappa shape index (κ2) is 36.0. The fourth-order valence-electron chi connectivity index (χ4n) is 5.29. The van der Waals surface area contributed by atoms with Crippen LogP contribution in [0.4, 0.5) is 0 Å². The predicted octanol–water partition coefficient (Wildman–Crippen LogP) is 10.0. The lowest BCUT2D eigenvalue weighted by Gasteiger charge is -2.28. The van der Waals surface area contributed by atoms with Crippen molar-refractivity contribution in [3.05, 3.63) is 60.8 Å². The average molecular weight is 796 g/mol. The van der Waals surface area contributed by atoms with E-state index in [-0.39, 0.29) is 26.1 Å². The molecular weight excluding hydrogens is 717 g/mol. The first-order valence-corrected chi connectivity index (χ1v) is 22.6. The third-order valence-electron chi connectivity index (χ3n) is 8.63. The Morgan fingerprint density at radius 3 is 1.85 bits per heavy atom. The van der Waals surface area contributed by atoms with Crippen molar-refractivity contribution < 1.29 is 47.2 Å². The Bertz CT molecular complexity index is 1140. The largest absolute Gasteiger partial charge is 0.756 e. The van der Waals surface area contributed by atoms with Crippen molar-refractivity contribution in [1.82, 2.24) is 0 Å². The number of likely N-dealkylation sites (N-methyl/N-ethyl adjacent to an activating group) is 1. The van der Waals surface area contributed by atoms with E-state index < -0.39 is 38.6 Å². The Labute approximate surface area is 335 Å². The maximum absolute atomic E-state index is 12.6. The summed E-state index contributed by atoms with van der Waals surface area (Å²) < 4.78 is 33.7. The van der Waals surface area contributed by atoms with Gasteiger partial charge in [-0.25, -0.2) is 0 Å².